The summed E-state index contributed by atoms with van der Waals surface area (Å²) in [6, 6.07) is 4.05. The first-order chi connectivity index (χ1) is 9.95. The molecule has 0 radical (unpaired) electrons. The van der Waals surface area contributed by atoms with Crippen LogP contribution in [-0.2, 0) is 4.74 Å². The third kappa shape index (κ3) is 3.47. The lowest BCUT2D eigenvalue weighted by atomic mass is 10.0. The zero-order chi connectivity index (χ0) is 15.5. The number of rotatable bonds is 5. The summed E-state index contributed by atoms with van der Waals surface area (Å²) in [6.07, 6.45) is 0.461. The topological polar surface area (TPSA) is 114 Å². The Morgan fingerprint density at radius 3 is 2.90 bits per heavy atom. The number of nitrogens with zero attached hydrogens (tertiary/aromatic N) is 1. The lowest BCUT2D eigenvalue weighted by Crippen LogP contribution is -2.37. The number of carbonyl (C=O) groups is 1. The van der Waals surface area contributed by atoms with E-state index in [2.05, 4.69) is 10.6 Å². The van der Waals surface area contributed by atoms with E-state index >= 15 is 0 Å². The molecular formula is C13H17N3O5. The number of benzene rings is 1. The molecule has 1 aromatic rings. The van der Waals surface area contributed by atoms with Crippen molar-refractivity contribution in [2.24, 2.45) is 0 Å². The minimum atomic E-state index is -1.04. The molecule has 8 nitrogen and oxygen atoms in total. The van der Waals surface area contributed by atoms with Crippen molar-refractivity contribution in [2.45, 2.75) is 12.0 Å². The molecule has 1 aliphatic rings. The van der Waals surface area contributed by atoms with Crippen molar-refractivity contribution in [1.29, 1.82) is 0 Å². The van der Waals surface area contributed by atoms with Gasteiger partial charge in [-0.25, -0.2) is 0 Å². The first-order valence-corrected chi connectivity index (χ1v) is 6.50. The molecule has 0 aliphatic carbocycles. The Hall–Kier alpha value is -2.19. The van der Waals surface area contributed by atoms with Gasteiger partial charge in [-0.15, -0.1) is 0 Å². The maximum Gasteiger partial charge on any atom is 0.292 e. The van der Waals surface area contributed by atoms with Gasteiger partial charge in [0.05, 0.1) is 11.5 Å². The van der Waals surface area contributed by atoms with Crippen LogP contribution in [0, 0.1) is 10.1 Å². The van der Waals surface area contributed by atoms with E-state index in [1.165, 1.54) is 25.2 Å². The second-order valence-electron chi connectivity index (χ2n) is 4.95. The minimum absolute atomic E-state index is 0.116. The summed E-state index contributed by atoms with van der Waals surface area (Å²) in [4.78, 5) is 22.1. The van der Waals surface area contributed by atoms with Crippen molar-refractivity contribution < 1.29 is 19.6 Å². The fourth-order valence-electron chi connectivity index (χ4n) is 2.12. The van der Waals surface area contributed by atoms with Gasteiger partial charge in [-0.05, 0) is 12.1 Å². The van der Waals surface area contributed by atoms with Gasteiger partial charge >= 0.3 is 0 Å². The lowest BCUT2D eigenvalue weighted by Gasteiger charge is -2.21. The predicted octanol–water partition coefficient (Wildman–Crippen LogP) is 0.518. The molecule has 0 spiro atoms. The van der Waals surface area contributed by atoms with Crippen LogP contribution in [0.5, 0.6) is 0 Å². The van der Waals surface area contributed by atoms with E-state index in [0.29, 0.717) is 18.6 Å². The largest absolute Gasteiger partial charge is 0.386 e. The number of hydrogen-bond donors (Lipinski definition) is 3. The van der Waals surface area contributed by atoms with Crippen LogP contribution >= 0.6 is 0 Å². The van der Waals surface area contributed by atoms with Crippen molar-refractivity contribution in [2.75, 3.05) is 32.1 Å². The molecular weight excluding hydrogens is 278 g/mol. The van der Waals surface area contributed by atoms with Gasteiger partial charge in [0.2, 0.25) is 0 Å². The number of amides is 1. The number of nitro benzene ring substituents is 1. The maximum absolute atomic E-state index is 11.6. The lowest BCUT2D eigenvalue weighted by molar-refractivity contribution is -0.384. The van der Waals surface area contributed by atoms with Crippen LogP contribution < -0.4 is 10.6 Å². The summed E-state index contributed by atoms with van der Waals surface area (Å²) in [5.41, 5.74) is -0.691. The van der Waals surface area contributed by atoms with Crippen molar-refractivity contribution >= 4 is 17.3 Å². The minimum Gasteiger partial charge on any atom is -0.386 e. The molecule has 3 N–H and O–H groups in total. The molecule has 1 fully saturated rings. The van der Waals surface area contributed by atoms with Gasteiger partial charge in [-0.3, -0.25) is 14.9 Å². The van der Waals surface area contributed by atoms with Crippen molar-refractivity contribution in [3.8, 4) is 0 Å². The molecule has 21 heavy (non-hydrogen) atoms. The Labute approximate surface area is 121 Å². The predicted molar refractivity (Wildman–Crippen MR) is 75.4 cm³/mol. The Bertz CT molecular complexity index is 555. The number of nitro groups is 1. The van der Waals surface area contributed by atoms with Gasteiger partial charge in [0.1, 0.15) is 11.3 Å². The molecule has 1 atom stereocenters. The average molecular weight is 295 g/mol. The Balaban J connectivity index is 2.22. The summed E-state index contributed by atoms with van der Waals surface area (Å²) in [6.45, 7) is 0.756. The smallest absolute Gasteiger partial charge is 0.292 e. The number of anilines is 1. The van der Waals surface area contributed by atoms with Crippen LogP contribution in [0.25, 0.3) is 0 Å². The summed E-state index contributed by atoms with van der Waals surface area (Å²) in [7, 11) is 1.48. The number of hydrogen-bond acceptors (Lipinski definition) is 6. The first kappa shape index (κ1) is 15.2. The zero-order valence-corrected chi connectivity index (χ0v) is 11.6. The van der Waals surface area contributed by atoms with Crippen LogP contribution in [-0.4, -0.2) is 48.3 Å². The molecule has 114 valence electrons. The third-order valence-electron chi connectivity index (χ3n) is 3.37. The fraction of sp³-hybridized carbons (Fsp3) is 0.462. The molecule has 0 bridgehead atoms. The Kier molecular flexibility index (Phi) is 4.39. The van der Waals surface area contributed by atoms with Crippen molar-refractivity contribution in [3.63, 3.8) is 0 Å². The van der Waals surface area contributed by atoms with E-state index in [1.54, 1.807) is 0 Å². The Morgan fingerprint density at radius 2 is 2.33 bits per heavy atom. The summed E-state index contributed by atoms with van der Waals surface area (Å²) in [5.74, 6) is -0.337. The molecule has 0 saturated carbocycles. The van der Waals surface area contributed by atoms with E-state index in [0.717, 1.165) is 0 Å². The van der Waals surface area contributed by atoms with E-state index in [4.69, 9.17) is 4.74 Å². The molecule has 1 amide bonds. The normalized spacial score (nSPS) is 21.0. The molecule has 1 unspecified atom stereocenters. The molecule has 1 heterocycles. The van der Waals surface area contributed by atoms with Gasteiger partial charge < -0.3 is 20.5 Å². The second kappa shape index (κ2) is 6.06. The standard InChI is InChI=1S/C13H17N3O5/c1-14-12(17)9-2-3-11(16(19)20)10(6-9)15-7-13(18)4-5-21-8-13/h2-3,6,15,18H,4-5,7-8H2,1H3,(H,14,17). The molecule has 8 heteroatoms. The van der Waals surface area contributed by atoms with Crippen LogP contribution in [0.15, 0.2) is 18.2 Å². The monoisotopic (exact) mass is 295 g/mol. The number of nitrogens with one attached hydrogen (secondary N) is 2. The summed E-state index contributed by atoms with van der Waals surface area (Å²) in [5, 5.41) is 26.5. The maximum atomic E-state index is 11.6. The number of carbonyl (C=O) groups excluding carboxylic acids is 1. The van der Waals surface area contributed by atoms with Gasteiger partial charge in [0.15, 0.2) is 0 Å². The first-order valence-electron chi connectivity index (χ1n) is 6.50. The average Bonchev–Trinajstić information content (AvgIpc) is 2.91. The van der Waals surface area contributed by atoms with E-state index < -0.39 is 10.5 Å². The van der Waals surface area contributed by atoms with Crippen LogP contribution in [0.1, 0.15) is 16.8 Å². The van der Waals surface area contributed by atoms with Crippen molar-refractivity contribution in [3.05, 3.63) is 33.9 Å². The summed E-state index contributed by atoms with van der Waals surface area (Å²) < 4.78 is 5.12. The second-order valence-corrected chi connectivity index (χ2v) is 4.95. The SMILES string of the molecule is CNC(=O)c1ccc([N+](=O)[O-])c(NCC2(O)CCOC2)c1. The quantitative estimate of drug-likeness (QED) is 0.539. The highest BCUT2D eigenvalue weighted by molar-refractivity contribution is 5.95. The van der Waals surface area contributed by atoms with Gasteiger partial charge in [0, 0.05) is 38.2 Å². The van der Waals surface area contributed by atoms with E-state index in [9.17, 15) is 20.0 Å². The van der Waals surface area contributed by atoms with Crippen LogP contribution in [0.2, 0.25) is 0 Å². The highest BCUT2D eigenvalue weighted by atomic mass is 16.6. The molecule has 1 aromatic carbocycles. The molecule has 0 aromatic heterocycles. The molecule has 1 saturated heterocycles. The van der Waals surface area contributed by atoms with Crippen LogP contribution in [0.4, 0.5) is 11.4 Å². The zero-order valence-electron chi connectivity index (χ0n) is 11.6. The fourth-order valence-corrected chi connectivity index (χ4v) is 2.12. The van der Waals surface area contributed by atoms with E-state index in [1.807, 2.05) is 0 Å². The van der Waals surface area contributed by atoms with E-state index in [-0.39, 0.29) is 30.4 Å². The highest BCUT2D eigenvalue weighted by Gasteiger charge is 2.32. The van der Waals surface area contributed by atoms with Gasteiger partial charge in [-0.2, -0.15) is 0 Å². The number of ether oxygens (including phenoxy) is 1. The third-order valence-corrected chi connectivity index (χ3v) is 3.37. The summed E-state index contributed by atoms with van der Waals surface area (Å²) >= 11 is 0. The van der Waals surface area contributed by atoms with Crippen LogP contribution in [0.3, 0.4) is 0 Å². The Morgan fingerprint density at radius 1 is 1.57 bits per heavy atom. The number of aliphatic hydroxyl groups is 1. The van der Waals surface area contributed by atoms with Crippen molar-refractivity contribution in [1.82, 2.24) is 5.32 Å². The molecule has 1 aliphatic heterocycles. The van der Waals surface area contributed by atoms with Gasteiger partial charge in [-0.1, -0.05) is 0 Å². The molecule has 2 rings (SSSR count). The highest BCUT2D eigenvalue weighted by Crippen LogP contribution is 2.27. The van der Waals surface area contributed by atoms with Gasteiger partial charge in [0.25, 0.3) is 11.6 Å².